The maximum absolute atomic E-state index is 13.0. The molecule has 0 radical (unpaired) electrons. The monoisotopic (exact) mass is 412 g/mol. The van der Waals surface area contributed by atoms with E-state index in [2.05, 4.69) is 10.0 Å². The van der Waals surface area contributed by atoms with Gasteiger partial charge in [0.2, 0.25) is 15.9 Å². The highest BCUT2D eigenvalue weighted by Gasteiger charge is 2.18. The number of carbonyl (C=O) groups is 1. The first-order valence-corrected chi connectivity index (χ1v) is 10.6. The molecule has 0 aliphatic rings. The van der Waals surface area contributed by atoms with Crippen molar-refractivity contribution in [1.29, 1.82) is 0 Å². The minimum absolute atomic E-state index is 0.0312. The van der Waals surface area contributed by atoms with Gasteiger partial charge in [-0.25, -0.2) is 17.5 Å². The summed E-state index contributed by atoms with van der Waals surface area (Å²) in [5.74, 6) is -0.805. The molecule has 0 heterocycles. The molecule has 7 heteroatoms. The van der Waals surface area contributed by atoms with Crippen molar-refractivity contribution in [1.82, 2.24) is 10.0 Å². The Morgan fingerprint density at radius 1 is 0.828 bits per heavy atom. The molecular formula is C22H21FN2O3S. The van der Waals surface area contributed by atoms with Crippen LogP contribution in [-0.2, 0) is 14.8 Å². The number of hydrogen-bond donors (Lipinski definition) is 2. The van der Waals surface area contributed by atoms with Crippen LogP contribution in [0.4, 0.5) is 4.39 Å². The van der Waals surface area contributed by atoms with Crippen LogP contribution in [0.25, 0.3) is 0 Å². The van der Waals surface area contributed by atoms with Gasteiger partial charge in [0.05, 0.1) is 10.9 Å². The molecule has 3 rings (SSSR count). The Labute approximate surface area is 169 Å². The van der Waals surface area contributed by atoms with E-state index in [9.17, 15) is 17.6 Å². The number of sulfonamides is 1. The van der Waals surface area contributed by atoms with Gasteiger partial charge in [-0.1, -0.05) is 60.7 Å². The first-order valence-electron chi connectivity index (χ1n) is 9.10. The van der Waals surface area contributed by atoms with E-state index in [1.54, 1.807) is 0 Å². The predicted octanol–water partition coefficient (Wildman–Crippen LogP) is 3.40. The van der Waals surface area contributed by atoms with Crippen molar-refractivity contribution in [3.8, 4) is 0 Å². The summed E-state index contributed by atoms with van der Waals surface area (Å²) in [6.07, 6.45) is -0.0312. The Balaban J connectivity index is 1.63. The van der Waals surface area contributed by atoms with Gasteiger partial charge in [0.15, 0.2) is 0 Å². The molecule has 3 aromatic rings. The summed E-state index contributed by atoms with van der Waals surface area (Å²) in [7, 11) is -3.80. The van der Waals surface area contributed by atoms with Gasteiger partial charge in [0.1, 0.15) is 5.82 Å². The summed E-state index contributed by atoms with van der Waals surface area (Å²) in [4.78, 5) is 12.4. The van der Waals surface area contributed by atoms with Gasteiger partial charge in [0, 0.05) is 13.0 Å². The van der Waals surface area contributed by atoms with Gasteiger partial charge < -0.3 is 5.32 Å². The highest BCUT2D eigenvalue weighted by Crippen LogP contribution is 2.21. The third kappa shape index (κ3) is 5.73. The molecule has 0 aromatic heterocycles. The number of nitrogens with one attached hydrogen (secondary N) is 2. The van der Waals surface area contributed by atoms with Gasteiger partial charge in [-0.2, -0.15) is 0 Å². The number of rotatable bonds is 8. The number of amides is 1. The molecule has 0 bridgehead atoms. The molecule has 2 N–H and O–H groups in total. The van der Waals surface area contributed by atoms with E-state index in [-0.39, 0.29) is 29.8 Å². The van der Waals surface area contributed by atoms with Crippen LogP contribution in [0, 0.1) is 5.82 Å². The van der Waals surface area contributed by atoms with Gasteiger partial charge in [-0.05, 0) is 35.4 Å². The summed E-state index contributed by atoms with van der Waals surface area (Å²) in [5, 5.41) is 2.96. The lowest BCUT2D eigenvalue weighted by molar-refractivity contribution is -0.121. The molecule has 0 aliphatic heterocycles. The van der Waals surface area contributed by atoms with E-state index in [1.165, 1.54) is 12.1 Å². The molecule has 5 nitrogen and oxygen atoms in total. The number of hydrogen-bond acceptors (Lipinski definition) is 3. The maximum Gasteiger partial charge on any atom is 0.240 e. The van der Waals surface area contributed by atoms with E-state index >= 15 is 0 Å². The van der Waals surface area contributed by atoms with Gasteiger partial charge in [0.25, 0.3) is 0 Å². The van der Waals surface area contributed by atoms with Crippen LogP contribution >= 0.6 is 0 Å². The third-order valence-corrected chi connectivity index (χ3v) is 5.82. The van der Waals surface area contributed by atoms with Gasteiger partial charge in [-0.3, -0.25) is 4.79 Å². The quantitative estimate of drug-likeness (QED) is 0.595. The lowest BCUT2D eigenvalue weighted by Gasteiger charge is -2.20. The average Bonchev–Trinajstić information content (AvgIpc) is 2.73. The van der Waals surface area contributed by atoms with Crippen LogP contribution in [-0.4, -0.2) is 20.9 Å². The van der Waals surface area contributed by atoms with Crippen LogP contribution in [0.1, 0.15) is 23.6 Å². The SMILES string of the molecule is O=C(CCNS(=O)(=O)c1ccc(F)cc1)NC(c1ccccc1)c1ccccc1. The fourth-order valence-corrected chi connectivity index (χ4v) is 3.91. The number of carbonyl (C=O) groups excluding carboxylic acids is 1. The zero-order chi connectivity index (χ0) is 20.7. The van der Waals surface area contributed by atoms with Crippen molar-refractivity contribution < 1.29 is 17.6 Å². The van der Waals surface area contributed by atoms with E-state index < -0.39 is 15.8 Å². The molecule has 0 unspecified atom stereocenters. The van der Waals surface area contributed by atoms with Crippen molar-refractivity contribution in [3.63, 3.8) is 0 Å². The summed E-state index contributed by atoms with van der Waals surface area (Å²) in [6, 6.07) is 23.3. The minimum atomic E-state index is -3.80. The fraction of sp³-hybridized carbons (Fsp3) is 0.136. The lowest BCUT2D eigenvalue weighted by atomic mass is 9.98. The fourth-order valence-electron chi connectivity index (χ4n) is 2.88. The first kappa shape index (κ1) is 20.7. The topological polar surface area (TPSA) is 75.3 Å². The molecule has 3 aromatic carbocycles. The Morgan fingerprint density at radius 3 is 1.86 bits per heavy atom. The van der Waals surface area contributed by atoms with Crippen molar-refractivity contribution in [3.05, 3.63) is 102 Å². The second-order valence-electron chi connectivity index (χ2n) is 6.42. The summed E-state index contributed by atoms with van der Waals surface area (Å²) < 4.78 is 39.8. The minimum Gasteiger partial charge on any atom is -0.345 e. The molecule has 0 saturated heterocycles. The van der Waals surface area contributed by atoms with Crippen molar-refractivity contribution >= 4 is 15.9 Å². The predicted molar refractivity (Wildman–Crippen MR) is 109 cm³/mol. The molecular weight excluding hydrogens is 391 g/mol. The summed E-state index contributed by atoms with van der Waals surface area (Å²) in [5.41, 5.74) is 1.86. The van der Waals surface area contributed by atoms with E-state index in [4.69, 9.17) is 0 Å². The molecule has 0 atom stereocenters. The molecule has 0 aliphatic carbocycles. The maximum atomic E-state index is 13.0. The van der Waals surface area contributed by atoms with Crippen molar-refractivity contribution in [2.24, 2.45) is 0 Å². The zero-order valence-electron chi connectivity index (χ0n) is 15.6. The summed E-state index contributed by atoms with van der Waals surface area (Å²) >= 11 is 0. The number of benzene rings is 3. The molecule has 150 valence electrons. The number of halogens is 1. The highest BCUT2D eigenvalue weighted by molar-refractivity contribution is 7.89. The Kier molecular flexibility index (Phi) is 6.74. The second-order valence-corrected chi connectivity index (χ2v) is 8.19. The van der Waals surface area contributed by atoms with Gasteiger partial charge >= 0.3 is 0 Å². The van der Waals surface area contributed by atoms with E-state index in [0.29, 0.717) is 0 Å². The van der Waals surface area contributed by atoms with E-state index in [0.717, 1.165) is 23.3 Å². The largest absolute Gasteiger partial charge is 0.345 e. The zero-order valence-corrected chi connectivity index (χ0v) is 16.4. The highest BCUT2D eigenvalue weighted by atomic mass is 32.2. The molecule has 0 saturated carbocycles. The standard InChI is InChI=1S/C22H21FN2O3S/c23-19-11-13-20(14-12-19)29(27,28)24-16-15-21(26)25-22(17-7-3-1-4-8-17)18-9-5-2-6-10-18/h1-14,22,24H,15-16H2,(H,25,26). The molecule has 0 fully saturated rings. The smallest absolute Gasteiger partial charge is 0.240 e. The Hall–Kier alpha value is -3.03. The second kappa shape index (κ2) is 9.45. The summed E-state index contributed by atoms with van der Waals surface area (Å²) in [6.45, 7) is -0.0676. The van der Waals surface area contributed by atoms with E-state index in [1.807, 2.05) is 60.7 Å². The van der Waals surface area contributed by atoms with Crippen LogP contribution < -0.4 is 10.0 Å². The Bertz CT molecular complexity index is 1000. The Morgan fingerprint density at radius 2 is 1.34 bits per heavy atom. The normalized spacial score (nSPS) is 11.4. The molecule has 29 heavy (non-hydrogen) atoms. The van der Waals surface area contributed by atoms with Crippen LogP contribution in [0.2, 0.25) is 0 Å². The van der Waals surface area contributed by atoms with Crippen LogP contribution in [0.3, 0.4) is 0 Å². The molecule has 0 spiro atoms. The van der Waals surface area contributed by atoms with Crippen molar-refractivity contribution in [2.75, 3.05) is 6.54 Å². The van der Waals surface area contributed by atoms with Gasteiger partial charge in [-0.15, -0.1) is 0 Å². The van der Waals surface area contributed by atoms with Crippen LogP contribution in [0.5, 0.6) is 0 Å². The lowest BCUT2D eigenvalue weighted by Crippen LogP contribution is -2.33. The third-order valence-electron chi connectivity index (χ3n) is 4.34. The molecule has 1 amide bonds. The first-order chi connectivity index (χ1) is 14.0. The van der Waals surface area contributed by atoms with Crippen LogP contribution in [0.15, 0.2) is 89.8 Å². The average molecular weight is 412 g/mol. The van der Waals surface area contributed by atoms with Crippen molar-refractivity contribution in [2.45, 2.75) is 17.4 Å².